The first-order valence-corrected chi connectivity index (χ1v) is 13.1. The van der Waals surface area contributed by atoms with E-state index in [0.717, 1.165) is 31.2 Å². The summed E-state index contributed by atoms with van der Waals surface area (Å²) in [6, 6.07) is 5.41. The Morgan fingerprint density at radius 2 is 1.86 bits per heavy atom. The lowest BCUT2D eigenvalue weighted by Crippen LogP contribution is -2.56. The van der Waals surface area contributed by atoms with Gasteiger partial charge in [0.25, 0.3) is 0 Å². The summed E-state index contributed by atoms with van der Waals surface area (Å²) in [7, 11) is 0. The monoisotopic (exact) mass is 503 g/mol. The highest BCUT2D eigenvalue weighted by atomic mass is 32.1. The van der Waals surface area contributed by atoms with Gasteiger partial charge in [0.1, 0.15) is 17.7 Å². The highest BCUT2D eigenvalue weighted by molar-refractivity contribution is 7.80. The molecule has 0 spiro atoms. The molecule has 2 rings (SSSR count). The highest BCUT2D eigenvalue weighted by Gasteiger charge is 2.38. The molecule has 194 valence electrons. The lowest BCUT2D eigenvalue weighted by molar-refractivity contribution is -0.144. The Morgan fingerprint density at radius 1 is 1.20 bits per heavy atom. The average molecular weight is 504 g/mol. The molecule has 0 bridgehead atoms. The molecule has 1 fully saturated rings. The Kier molecular flexibility index (Phi) is 10.7. The standard InChI is InChI=1S/C27H41N3O4S/c1-7-19-12-11-13-20(16-19)23(24(31)28-21-14-9-8-10-15-21)30(18(2)3)25(32)22(17-35)29-26(33)34-27(4,5)6/h7,11-13,16,18,21-23,35H,1,8-10,14-15,17H2,2-6H3,(H,28,31)(H,29,33). The van der Waals surface area contributed by atoms with E-state index >= 15 is 0 Å². The molecule has 1 aliphatic rings. The molecule has 0 saturated heterocycles. The van der Waals surface area contributed by atoms with Crippen molar-refractivity contribution in [1.82, 2.24) is 15.5 Å². The number of nitrogens with zero attached hydrogens (tertiary/aromatic N) is 1. The molecule has 8 heteroatoms. The number of alkyl carbamates (subject to hydrolysis) is 1. The van der Waals surface area contributed by atoms with Crippen LogP contribution in [0.15, 0.2) is 30.8 Å². The minimum Gasteiger partial charge on any atom is -0.444 e. The summed E-state index contributed by atoms with van der Waals surface area (Å²) in [6.07, 6.45) is 6.20. The van der Waals surface area contributed by atoms with E-state index in [1.54, 1.807) is 31.7 Å². The van der Waals surface area contributed by atoms with Gasteiger partial charge in [-0.3, -0.25) is 9.59 Å². The first-order chi connectivity index (χ1) is 16.5. The Hall–Kier alpha value is -2.48. The van der Waals surface area contributed by atoms with Crippen molar-refractivity contribution in [1.29, 1.82) is 0 Å². The van der Waals surface area contributed by atoms with Crippen LogP contribution in [0.25, 0.3) is 6.08 Å². The van der Waals surface area contributed by atoms with E-state index in [-0.39, 0.29) is 23.7 Å². The van der Waals surface area contributed by atoms with Gasteiger partial charge in [0.05, 0.1) is 0 Å². The zero-order chi connectivity index (χ0) is 26.2. The van der Waals surface area contributed by atoms with Crippen molar-refractivity contribution in [3.8, 4) is 0 Å². The maximum Gasteiger partial charge on any atom is 0.408 e. The van der Waals surface area contributed by atoms with Crippen molar-refractivity contribution in [3.63, 3.8) is 0 Å². The predicted molar refractivity (Wildman–Crippen MR) is 143 cm³/mol. The maximum absolute atomic E-state index is 13.8. The lowest BCUT2D eigenvalue weighted by atomic mass is 9.94. The molecular weight excluding hydrogens is 462 g/mol. The summed E-state index contributed by atoms with van der Waals surface area (Å²) >= 11 is 4.32. The van der Waals surface area contributed by atoms with Crippen molar-refractivity contribution in [2.75, 3.05) is 5.75 Å². The number of carbonyl (C=O) groups excluding carboxylic acids is 3. The fourth-order valence-electron chi connectivity index (χ4n) is 4.32. The van der Waals surface area contributed by atoms with E-state index in [1.165, 1.54) is 6.42 Å². The van der Waals surface area contributed by atoms with Gasteiger partial charge in [0.2, 0.25) is 11.8 Å². The third-order valence-corrected chi connectivity index (χ3v) is 6.29. The molecule has 0 aromatic heterocycles. The SMILES string of the molecule is C=Cc1cccc(C(C(=O)NC2CCCCC2)N(C(=O)C(CS)NC(=O)OC(C)(C)C)C(C)C)c1. The molecule has 1 saturated carbocycles. The molecule has 7 nitrogen and oxygen atoms in total. The van der Waals surface area contributed by atoms with Gasteiger partial charge in [-0.15, -0.1) is 0 Å². The van der Waals surface area contributed by atoms with Crippen molar-refractivity contribution in [2.45, 2.75) is 96.5 Å². The summed E-state index contributed by atoms with van der Waals surface area (Å²) in [4.78, 5) is 41.5. The summed E-state index contributed by atoms with van der Waals surface area (Å²) in [5.41, 5.74) is 0.833. The minimum absolute atomic E-state index is 0.0605. The minimum atomic E-state index is -0.955. The number of rotatable bonds is 9. The Morgan fingerprint density at radius 3 is 2.40 bits per heavy atom. The van der Waals surface area contributed by atoms with Crippen molar-refractivity contribution < 1.29 is 19.1 Å². The molecule has 0 aliphatic heterocycles. The molecule has 0 radical (unpaired) electrons. The first-order valence-electron chi connectivity index (χ1n) is 12.4. The summed E-state index contributed by atoms with van der Waals surface area (Å²) < 4.78 is 5.34. The van der Waals surface area contributed by atoms with Crippen LogP contribution in [0.5, 0.6) is 0 Å². The predicted octanol–water partition coefficient (Wildman–Crippen LogP) is 4.88. The van der Waals surface area contributed by atoms with E-state index in [0.29, 0.717) is 5.56 Å². The first kappa shape index (κ1) is 28.8. The molecular formula is C27H41N3O4S. The highest BCUT2D eigenvalue weighted by Crippen LogP contribution is 2.27. The van der Waals surface area contributed by atoms with E-state index in [1.807, 2.05) is 38.1 Å². The maximum atomic E-state index is 13.8. The second kappa shape index (κ2) is 13.0. The van der Waals surface area contributed by atoms with E-state index < -0.39 is 29.7 Å². The third kappa shape index (κ3) is 8.60. The average Bonchev–Trinajstić information content (AvgIpc) is 2.79. The smallest absolute Gasteiger partial charge is 0.408 e. The normalized spacial score (nSPS) is 16.2. The summed E-state index contributed by atoms with van der Waals surface area (Å²) in [6.45, 7) is 12.8. The zero-order valence-electron chi connectivity index (χ0n) is 21.7. The third-order valence-electron chi connectivity index (χ3n) is 5.92. The van der Waals surface area contributed by atoms with Crippen LogP contribution in [-0.2, 0) is 14.3 Å². The Bertz CT molecular complexity index is 891. The van der Waals surface area contributed by atoms with Crippen LogP contribution in [0.1, 0.15) is 83.9 Å². The Labute approximate surface area is 215 Å². The molecule has 0 heterocycles. The van der Waals surface area contributed by atoms with E-state index in [4.69, 9.17) is 4.74 Å². The second-order valence-corrected chi connectivity index (χ2v) is 10.7. The zero-order valence-corrected chi connectivity index (χ0v) is 22.6. The quantitative estimate of drug-likeness (QED) is 0.419. The van der Waals surface area contributed by atoms with Crippen LogP contribution < -0.4 is 10.6 Å². The lowest BCUT2D eigenvalue weighted by Gasteiger charge is -2.38. The topological polar surface area (TPSA) is 87.7 Å². The van der Waals surface area contributed by atoms with Crippen LogP contribution in [0.2, 0.25) is 0 Å². The number of amides is 3. The van der Waals surface area contributed by atoms with Gasteiger partial charge in [-0.25, -0.2) is 4.79 Å². The van der Waals surface area contributed by atoms with E-state index in [2.05, 4.69) is 29.8 Å². The van der Waals surface area contributed by atoms with Crippen LogP contribution >= 0.6 is 12.6 Å². The largest absolute Gasteiger partial charge is 0.444 e. The van der Waals surface area contributed by atoms with Gasteiger partial charge in [0.15, 0.2) is 0 Å². The molecule has 35 heavy (non-hydrogen) atoms. The molecule has 1 aromatic rings. The number of thiol groups is 1. The number of ether oxygens (including phenoxy) is 1. The van der Waals surface area contributed by atoms with E-state index in [9.17, 15) is 14.4 Å². The number of benzene rings is 1. The number of nitrogens with one attached hydrogen (secondary N) is 2. The molecule has 2 unspecified atom stereocenters. The van der Waals surface area contributed by atoms with Gasteiger partial charge >= 0.3 is 6.09 Å². The van der Waals surface area contributed by atoms with Crippen molar-refractivity contribution >= 4 is 36.6 Å². The summed E-state index contributed by atoms with van der Waals surface area (Å²) in [5, 5.41) is 5.82. The second-order valence-electron chi connectivity index (χ2n) is 10.3. The molecule has 1 aliphatic carbocycles. The van der Waals surface area contributed by atoms with Gasteiger partial charge in [-0.05, 0) is 64.7 Å². The molecule has 3 amide bonds. The number of hydrogen-bond donors (Lipinski definition) is 3. The van der Waals surface area contributed by atoms with Gasteiger partial charge in [-0.1, -0.05) is 50.1 Å². The molecule has 2 N–H and O–H groups in total. The van der Waals surface area contributed by atoms with Crippen molar-refractivity contribution in [2.24, 2.45) is 0 Å². The van der Waals surface area contributed by atoms with Crippen LogP contribution in [0.4, 0.5) is 4.79 Å². The number of carbonyl (C=O) groups is 3. The van der Waals surface area contributed by atoms with Crippen LogP contribution in [0, 0.1) is 0 Å². The summed E-state index contributed by atoms with van der Waals surface area (Å²) in [5.74, 6) is -0.561. The van der Waals surface area contributed by atoms with Crippen molar-refractivity contribution in [3.05, 3.63) is 42.0 Å². The molecule has 1 aromatic carbocycles. The molecule has 2 atom stereocenters. The van der Waals surface area contributed by atoms with Crippen LogP contribution in [0.3, 0.4) is 0 Å². The fraction of sp³-hybridized carbons (Fsp3) is 0.593. The van der Waals surface area contributed by atoms with Gasteiger partial charge in [-0.2, -0.15) is 12.6 Å². The van der Waals surface area contributed by atoms with Crippen LogP contribution in [-0.4, -0.2) is 52.3 Å². The number of hydrogen-bond acceptors (Lipinski definition) is 5. The van der Waals surface area contributed by atoms with Gasteiger partial charge < -0.3 is 20.3 Å². The van der Waals surface area contributed by atoms with Gasteiger partial charge in [0, 0.05) is 17.8 Å². The Balaban J connectivity index is 2.41. The fourth-order valence-corrected chi connectivity index (χ4v) is 4.56.